The molecule has 0 radical (unpaired) electrons. The SMILES string of the molecule is C[C@@H]1CN(S(=O)(=O)c2cccc(C(=O)Nc3ccc(C(N)=O)cc3)c2)C[C@H](C)O1. The molecule has 1 fully saturated rings. The molecule has 2 atom stereocenters. The summed E-state index contributed by atoms with van der Waals surface area (Å²) in [6.07, 6.45) is -0.410. The molecule has 8 nitrogen and oxygen atoms in total. The van der Waals surface area contributed by atoms with Gasteiger partial charge in [-0.2, -0.15) is 4.31 Å². The molecule has 154 valence electrons. The van der Waals surface area contributed by atoms with Crippen LogP contribution in [0.1, 0.15) is 34.6 Å². The second-order valence-corrected chi connectivity index (χ2v) is 8.94. The molecule has 29 heavy (non-hydrogen) atoms. The lowest BCUT2D eigenvalue weighted by Gasteiger charge is -2.34. The van der Waals surface area contributed by atoms with Crippen molar-refractivity contribution in [3.05, 3.63) is 59.7 Å². The maximum Gasteiger partial charge on any atom is 0.255 e. The first-order valence-electron chi connectivity index (χ1n) is 9.13. The Morgan fingerprint density at radius 1 is 1.03 bits per heavy atom. The number of hydrogen-bond donors (Lipinski definition) is 2. The molecule has 0 bridgehead atoms. The number of nitrogens with zero attached hydrogens (tertiary/aromatic N) is 1. The van der Waals surface area contributed by atoms with Gasteiger partial charge in [-0.1, -0.05) is 6.07 Å². The molecule has 0 saturated carbocycles. The van der Waals surface area contributed by atoms with Gasteiger partial charge in [-0.15, -0.1) is 0 Å². The van der Waals surface area contributed by atoms with Gasteiger partial charge in [-0.05, 0) is 56.3 Å². The van der Waals surface area contributed by atoms with Crippen molar-refractivity contribution in [2.45, 2.75) is 31.0 Å². The number of carbonyl (C=O) groups excluding carboxylic acids is 2. The molecule has 2 aromatic rings. The summed E-state index contributed by atoms with van der Waals surface area (Å²) < 4.78 is 33.0. The molecule has 2 aromatic carbocycles. The molecule has 1 aliphatic rings. The summed E-state index contributed by atoms with van der Waals surface area (Å²) in [6.45, 7) is 4.17. The number of anilines is 1. The van der Waals surface area contributed by atoms with Gasteiger partial charge in [0.25, 0.3) is 5.91 Å². The summed E-state index contributed by atoms with van der Waals surface area (Å²) in [6, 6.07) is 12.0. The number of rotatable bonds is 5. The van der Waals surface area contributed by atoms with E-state index in [9.17, 15) is 18.0 Å². The second kappa shape index (κ2) is 8.32. The summed E-state index contributed by atoms with van der Waals surface area (Å²) in [5.41, 5.74) is 6.19. The number of nitrogens with two attached hydrogens (primary N) is 1. The number of benzene rings is 2. The average molecular weight is 417 g/mol. The van der Waals surface area contributed by atoms with E-state index in [-0.39, 0.29) is 35.8 Å². The zero-order valence-corrected chi connectivity index (χ0v) is 17.0. The minimum absolute atomic E-state index is 0.0514. The van der Waals surface area contributed by atoms with E-state index in [1.54, 1.807) is 12.1 Å². The number of morpholine rings is 1. The number of hydrogen-bond acceptors (Lipinski definition) is 5. The van der Waals surface area contributed by atoms with E-state index in [0.717, 1.165) is 0 Å². The molecule has 1 heterocycles. The molecule has 3 N–H and O–H groups in total. The lowest BCUT2D eigenvalue weighted by molar-refractivity contribution is -0.0440. The monoisotopic (exact) mass is 417 g/mol. The van der Waals surface area contributed by atoms with E-state index < -0.39 is 21.8 Å². The third kappa shape index (κ3) is 4.81. The standard InChI is InChI=1S/C20H23N3O5S/c1-13-11-23(12-14(2)28-13)29(26,27)18-5-3-4-16(10-18)20(25)22-17-8-6-15(7-9-17)19(21)24/h3-10,13-14H,11-12H2,1-2H3,(H2,21,24)(H,22,25)/t13-,14+. The fourth-order valence-electron chi connectivity index (χ4n) is 3.19. The van der Waals surface area contributed by atoms with E-state index in [1.807, 2.05) is 13.8 Å². The summed E-state index contributed by atoms with van der Waals surface area (Å²) >= 11 is 0. The van der Waals surface area contributed by atoms with E-state index in [4.69, 9.17) is 10.5 Å². The van der Waals surface area contributed by atoms with Crippen LogP contribution in [-0.2, 0) is 14.8 Å². The molecule has 0 spiro atoms. The largest absolute Gasteiger partial charge is 0.373 e. The molecule has 2 amide bonds. The van der Waals surface area contributed by atoms with Crippen molar-refractivity contribution in [3.63, 3.8) is 0 Å². The van der Waals surface area contributed by atoms with Gasteiger partial charge in [0.2, 0.25) is 15.9 Å². The smallest absolute Gasteiger partial charge is 0.255 e. The highest BCUT2D eigenvalue weighted by Gasteiger charge is 2.32. The highest BCUT2D eigenvalue weighted by atomic mass is 32.2. The average Bonchev–Trinajstić information content (AvgIpc) is 2.67. The van der Waals surface area contributed by atoms with Gasteiger partial charge in [-0.25, -0.2) is 8.42 Å². The van der Waals surface area contributed by atoms with Crippen molar-refractivity contribution in [2.24, 2.45) is 5.73 Å². The highest BCUT2D eigenvalue weighted by Crippen LogP contribution is 2.22. The molecule has 0 aliphatic carbocycles. The Morgan fingerprint density at radius 2 is 1.66 bits per heavy atom. The lowest BCUT2D eigenvalue weighted by atomic mass is 10.2. The molecule has 0 aromatic heterocycles. The second-order valence-electron chi connectivity index (χ2n) is 7.00. The quantitative estimate of drug-likeness (QED) is 0.769. The van der Waals surface area contributed by atoms with Gasteiger partial charge in [0.15, 0.2) is 0 Å². The van der Waals surface area contributed by atoms with Crippen LogP contribution >= 0.6 is 0 Å². The Balaban J connectivity index is 1.79. The van der Waals surface area contributed by atoms with Gasteiger partial charge >= 0.3 is 0 Å². The van der Waals surface area contributed by atoms with E-state index >= 15 is 0 Å². The van der Waals surface area contributed by atoms with Crippen molar-refractivity contribution in [1.29, 1.82) is 0 Å². The van der Waals surface area contributed by atoms with Crippen molar-refractivity contribution >= 4 is 27.5 Å². The van der Waals surface area contributed by atoms with Crippen LogP contribution in [-0.4, -0.2) is 49.8 Å². The number of ether oxygens (including phenoxy) is 1. The Bertz CT molecular complexity index is 1010. The van der Waals surface area contributed by atoms with Gasteiger partial charge in [-0.3, -0.25) is 9.59 Å². The normalized spacial score (nSPS) is 20.2. The van der Waals surface area contributed by atoms with Crippen LogP contribution in [0.4, 0.5) is 5.69 Å². The van der Waals surface area contributed by atoms with Gasteiger partial charge in [0, 0.05) is 29.9 Å². The summed E-state index contributed by atoms with van der Waals surface area (Å²) in [4.78, 5) is 23.7. The lowest BCUT2D eigenvalue weighted by Crippen LogP contribution is -2.48. The van der Waals surface area contributed by atoms with Crippen molar-refractivity contribution in [2.75, 3.05) is 18.4 Å². The number of sulfonamides is 1. The number of nitrogens with one attached hydrogen (secondary N) is 1. The van der Waals surface area contributed by atoms with Crippen LogP contribution in [0.15, 0.2) is 53.4 Å². The topological polar surface area (TPSA) is 119 Å². The van der Waals surface area contributed by atoms with Crippen LogP contribution in [0, 0.1) is 0 Å². The van der Waals surface area contributed by atoms with Crippen LogP contribution in [0.2, 0.25) is 0 Å². The molecule has 1 aliphatic heterocycles. The highest BCUT2D eigenvalue weighted by molar-refractivity contribution is 7.89. The summed E-state index contributed by atoms with van der Waals surface area (Å²) in [5, 5.41) is 2.68. The van der Waals surface area contributed by atoms with Crippen LogP contribution in [0.3, 0.4) is 0 Å². The first kappa shape index (κ1) is 21.0. The maximum atomic E-state index is 13.0. The van der Waals surface area contributed by atoms with Gasteiger partial charge in [0.05, 0.1) is 17.1 Å². The molecular formula is C20H23N3O5S. The fraction of sp³-hybridized carbons (Fsp3) is 0.300. The van der Waals surface area contributed by atoms with Crippen LogP contribution in [0.25, 0.3) is 0 Å². The van der Waals surface area contributed by atoms with Crippen LogP contribution < -0.4 is 11.1 Å². The number of carbonyl (C=O) groups is 2. The summed E-state index contributed by atoms with van der Waals surface area (Å²) in [7, 11) is -3.75. The van der Waals surface area contributed by atoms with Gasteiger partial charge < -0.3 is 15.8 Å². The third-order valence-electron chi connectivity index (χ3n) is 4.55. The first-order valence-corrected chi connectivity index (χ1v) is 10.6. The molecular weight excluding hydrogens is 394 g/mol. The van der Waals surface area contributed by atoms with E-state index in [2.05, 4.69) is 5.32 Å². The predicted octanol–water partition coefficient (Wildman–Crippen LogP) is 1.84. The zero-order valence-electron chi connectivity index (χ0n) is 16.2. The van der Waals surface area contributed by atoms with Crippen molar-refractivity contribution < 1.29 is 22.7 Å². The first-order chi connectivity index (χ1) is 13.7. The molecule has 9 heteroatoms. The van der Waals surface area contributed by atoms with E-state index in [1.165, 1.54) is 40.7 Å². The van der Waals surface area contributed by atoms with Gasteiger partial charge in [0.1, 0.15) is 0 Å². The number of amides is 2. The Kier molecular flexibility index (Phi) is 6.02. The maximum absolute atomic E-state index is 13.0. The molecule has 3 rings (SSSR count). The Morgan fingerprint density at radius 3 is 2.24 bits per heavy atom. The molecule has 0 unspecified atom stereocenters. The fourth-order valence-corrected chi connectivity index (χ4v) is 4.83. The van der Waals surface area contributed by atoms with Crippen molar-refractivity contribution in [3.8, 4) is 0 Å². The zero-order chi connectivity index (χ0) is 21.2. The third-order valence-corrected chi connectivity index (χ3v) is 6.38. The minimum Gasteiger partial charge on any atom is -0.373 e. The minimum atomic E-state index is -3.75. The van der Waals surface area contributed by atoms with Crippen molar-refractivity contribution in [1.82, 2.24) is 4.31 Å². The Hall–Kier alpha value is -2.75. The van der Waals surface area contributed by atoms with Crippen LogP contribution in [0.5, 0.6) is 0 Å². The van der Waals surface area contributed by atoms with E-state index in [0.29, 0.717) is 11.3 Å². The molecule has 1 saturated heterocycles. The predicted molar refractivity (Wildman–Crippen MR) is 108 cm³/mol. The summed E-state index contributed by atoms with van der Waals surface area (Å²) in [5.74, 6) is -1.02. The Labute approximate surface area is 169 Å². The number of primary amides is 1.